The quantitative estimate of drug-likeness (QED) is 0.182. The Hall–Kier alpha value is -1.16. The van der Waals surface area contributed by atoms with Gasteiger partial charge in [0, 0.05) is 31.7 Å². The maximum absolute atomic E-state index is 14.1. The molecule has 0 radical (unpaired) electrons. The number of carbonyl (C=O) groups excluding carboxylic acids is 4. The first-order valence-electron chi connectivity index (χ1n) is 11.9. The highest BCUT2D eigenvalue weighted by Crippen LogP contribution is 2.60. The van der Waals surface area contributed by atoms with Gasteiger partial charge in [-0.15, -0.1) is 11.6 Å². The molecule has 6 nitrogen and oxygen atoms in total. The maximum Gasteiger partial charge on any atom is 0.273 e. The van der Waals surface area contributed by atoms with E-state index in [1.54, 1.807) is 12.1 Å². The van der Waals surface area contributed by atoms with Gasteiger partial charge in [-0.1, -0.05) is 66.7 Å². The number of alkyl halides is 3. The van der Waals surface area contributed by atoms with E-state index in [0.29, 0.717) is 5.02 Å². The standard InChI is InChI=1S/C26H20Br2Cl4N2O4/c27-21-14-10-15(22(21)28)20-19(14)25(37)34(26(20)38)33(24(36)12-3-6-16(31)17(32)9-12)18(7-8-29)23(35)11-1-4-13(30)5-2-11/h1-6,9,14-15,18-22H,7-8,10H2/t14-,15-,18+,19-,20+,21-,22+/m1/s1. The number of benzene rings is 2. The van der Waals surface area contributed by atoms with Crippen LogP contribution < -0.4 is 0 Å². The van der Waals surface area contributed by atoms with Crippen LogP contribution in [0.3, 0.4) is 0 Å². The van der Waals surface area contributed by atoms with Crippen molar-refractivity contribution in [2.24, 2.45) is 23.7 Å². The van der Waals surface area contributed by atoms with Crippen molar-refractivity contribution in [1.82, 2.24) is 10.0 Å². The number of hydrogen-bond donors (Lipinski definition) is 0. The van der Waals surface area contributed by atoms with Gasteiger partial charge in [-0.05, 0) is 67.1 Å². The van der Waals surface area contributed by atoms with Crippen LogP contribution in [0.5, 0.6) is 0 Å². The van der Waals surface area contributed by atoms with Crippen molar-refractivity contribution in [3.05, 3.63) is 68.7 Å². The highest BCUT2D eigenvalue weighted by Gasteiger charge is 2.68. The minimum Gasteiger partial charge on any atom is -0.292 e. The lowest BCUT2D eigenvalue weighted by molar-refractivity contribution is -0.157. The fourth-order valence-corrected chi connectivity index (χ4v) is 8.46. The average Bonchev–Trinajstić information content (AvgIpc) is 3.51. The van der Waals surface area contributed by atoms with E-state index >= 15 is 0 Å². The predicted octanol–water partition coefficient (Wildman–Crippen LogP) is 6.66. The Labute approximate surface area is 256 Å². The van der Waals surface area contributed by atoms with Crippen molar-refractivity contribution >= 4 is 102 Å². The molecule has 5 rings (SSSR count). The zero-order valence-electron chi connectivity index (χ0n) is 19.5. The van der Waals surface area contributed by atoms with Crippen LogP contribution in [0.4, 0.5) is 0 Å². The van der Waals surface area contributed by atoms with Crippen LogP contribution in [0.1, 0.15) is 33.6 Å². The molecule has 0 unspecified atom stereocenters. The Bertz CT molecular complexity index is 1290. The molecule has 0 aromatic heterocycles. The minimum absolute atomic E-state index is 0.00251. The van der Waals surface area contributed by atoms with Crippen molar-refractivity contribution in [1.29, 1.82) is 0 Å². The van der Waals surface area contributed by atoms with Crippen molar-refractivity contribution in [2.75, 3.05) is 5.88 Å². The summed E-state index contributed by atoms with van der Waals surface area (Å²) in [6, 6.07) is 9.16. The second kappa shape index (κ2) is 11.0. The van der Waals surface area contributed by atoms with Crippen LogP contribution >= 0.6 is 78.3 Å². The summed E-state index contributed by atoms with van der Waals surface area (Å²) < 4.78 is 0. The van der Waals surface area contributed by atoms with E-state index in [2.05, 4.69) is 31.9 Å². The fourth-order valence-electron chi connectivity index (χ4n) is 5.95. The Kier molecular flexibility index (Phi) is 8.23. The molecule has 12 heteroatoms. The summed E-state index contributed by atoms with van der Waals surface area (Å²) in [5.74, 6) is -3.52. The molecule has 3 fully saturated rings. The number of ketones is 1. The van der Waals surface area contributed by atoms with Gasteiger partial charge >= 0.3 is 0 Å². The summed E-state index contributed by atoms with van der Waals surface area (Å²) in [5.41, 5.74) is 0.331. The maximum atomic E-state index is 14.1. The Morgan fingerprint density at radius 3 is 1.97 bits per heavy atom. The number of nitrogens with zero attached hydrogens (tertiary/aromatic N) is 2. The van der Waals surface area contributed by atoms with Crippen LogP contribution in [0.2, 0.25) is 15.1 Å². The summed E-state index contributed by atoms with van der Waals surface area (Å²) in [6.45, 7) is 0. The van der Waals surface area contributed by atoms with E-state index in [4.69, 9.17) is 46.4 Å². The van der Waals surface area contributed by atoms with E-state index in [1.165, 1.54) is 30.3 Å². The molecular formula is C26H20Br2Cl4N2O4. The number of rotatable bonds is 7. The van der Waals surface area contributed by atoms with Gasteiger partial charge in [-0.2, -0.15) is 5.01 Å². The number of Topliss-reactive ketones (excluding diaryl/α,β-unsaturated/α-hetero) is 1. The van der Waals surface area contributed by atoms with Gasteiger partial charge in [0.25, 0.3) is 17.7 Å². The van der Waals surface area contributed by atoms with Crippen LogP contribution in [0.15, 0.2) is 42.5 Å². The SMILES string of the molecule is O=C(c1ccc(Cl)cc1)[C@H](CCCl)N(C(=O)c1ccc(Cl)c(Cl)c1)N1C(=O)[C@@H]2[C@H]3C[C@@H]([C@H](Br)[C@@H]3Br)[C@@H]2C1=O. The largest absolute Gasteiger partial charge is 0.292 e. The van der Waals surface area contributed by atoms with Gasteiger partial charge in [-0.25, -0.2) is 5.01 Å². The first-order chi connectivity index (χ1) is 18.1. The zero-order valence-corrected chi connectivity index (χ0v) is 25.7. The van der Waals surface area contributed by atoms with E-state index in [-0.39, 0.29) is 55.0 Å². The first-order valence-corrected chi connectivity index (χ1v) is 15.4. The van der Waals surface area contributed by atoms with E-state index in [0.717, 1.165) is 16.4 Å². The van der Waals surface area contributed by atoms with Crippen molar-refractivity contribution in [2.45, 2.75) is 28.5 Å². The molecule has 0 N–H and O–H groups in total. The van der Waals surface area contributed by atoms with Crippen molar-refractivity contribution < 1.29 is 19.2 Å². The van der Waals surface area contributed by atoms with Gasteiger partial charge in [0.1, 0.15) is 6.04 Å². The lowest BCUT2D eigenvalue weighted by Gasteiger charge is -2.36. The molecule has 2 bridgehead atoms. The van der Waals surface area contributed by atoms with Crippen molar-refractivity contribution in [3.63, 3.8) is 0 Å². The Morgan fingerprint density at radius 2 is 1.45 bits per heavy atom. The number of fused-ring (bicyclic) bond motifs is 5. The third-order valence-corrected chi connectivity index (χ3v) is 12.1. The molecule has 7 atom stereocenters. The summed E-state index contributed by atoms with van der Waals surface area (Å²) in [6.07, 6.45) is 0.722. The molecule has 2 aromatic carbocycles. The number of amides is 3. The van der Waals surface area contributed by atoms with Gasteiger partial charge in [0.05, 0.1) is 21.9 Å². The lowest BCUT2D eigenvalue weighted by atomic mass is 9.81. The highest BCUT2D eigenvalue weighted by molar-refractivity contribution is 9.12. The first kappa shape index (κ1) is 28.4. The van der Waals surface area contributed by atoms with Gasteiger partial charge in [0.2, 0.25) is 0 Å². The van der Waals surface area contributed by atoms with Crippen LogP contribution in [-0.4, -0.2) is 55.1 Å². The van der Waals surface area contributed by atoms with Crippen LogP contribution in [0.25, 0.3) is 0 Å². The van der Waals surface area contributed by atoms with Gasteiger partial charge < -0.3 is 0 Å². The third kappa shape index (κ3) is 4.63. The molecule has 1 saturated heterocycles. The Balaban J connectivity index is 1.61. The van der Waals surface area contributed by atoms with Crippen LogP contribution in [0, 0.1) is 23.7 Å². The number of hydrogen-bond acceptors (Lipinski definition) is 4. The minimum atomic E-state index is -1.24. The summed E-state index contributed by atoms with van der Waals surface area (Å²) in [7, 11) is 0. The summed E-state index contributed by atoms with van der Waals surface area (Å²) in [4.78, 5) is 55.7. The number of hydrazine groups is 1. The van der Waals surface area contributed by atoms with Gasteiger partial charge in [-0.3, -0.25) is 19.2 Å². The monoisotopic (exact) mass is 722 g/mol. The highest BCUT2D eigenvalue weighted by atomic mass is 79.9. The molecule has 38 heavy (non-hydrogen) atoms. The topological polar surface area (TPSA) is 74.8 Å². The number of halogens is 6. The molecule has 1 aliphatic heterocycles. The summed E-state index contributed by atoms with van der Waals surface area (Å²) in [5, 5.41) is 2.65. The second-order valence-electron chi connectivity index (χ2n) is 9.64. The van der Waals surface area contributed by atoms with E-state index in [9.17, 15) is 19.2 Å². The van der Waals surface area contributed by atoms with E-state index < -0.39 is 41.4 Å². The van der Waals surface area contributed by atoms with E-state index in [1.807, 2.05) is 0 Å². The molecule has 0 spiro atoms. The molecule has 3 amide bonds. The molecular weight excluding hydrogens is 706 g/mol. The average molecular weight is 726 g/mol. The zero-order chi connectivity index (χ0) is 27.5. The van der Waals surface area contributed by atoms with Gasteiger partial charge in [0.15, 0.2) is 5.78 Å². The normalized spacial score (nSPS) is 28.5. The molecule has 2 saturated carbocycles. The van der Waals surface area contributed by atoms with Crippen molar-refractivity contribution in [3.8, 4) is 0 Å². The number of carbonyl (C=O) groups is 4. The smallest absolute Gasteiger partial charge is 0.273 e. The fraction of sp³-hybridized carbons (Fsp3) is 0.385. The molecule has 1 heterocycles. The molecule has 2 aliphatic carbocycles. The lowest BCUT2D eigenvalue weighted by Crippen LogP contribution is -2.58. The number of imide groups is 1. The summed E-state index contributed by atoms with van der Waals surface area (Å²) >= 11 is 31.7. The second-order valence-corrected chi connectivity index (χ2v) is 13.4. The molecule has 3 aliphatic rings. The molecule has 200 valence electrons. The Morgan fingerprint density at radius 1 is 0.895 bits per heavy atom. The molecule has 2 aromatic rings. The predicted molar refractivity (Wildman–Crippen MR) is 153 cm³/mol. The van der Waals surface area contributed by atoms with Crippen LogP contribution in [-0.2, 0) is 9.59 Å². The third-order valence-electron chi connectivity index (χ3n) is 7.66.